The molecule has 6 heteroatoms. The summed E-state index contributed by atoms with van der Waals surface area (Å²) < 4.78 is 0. The molecule has 144 valence electrons. The molecule has 0 amide bonds. The number of carboxylic acids is 1. The molecule has 0 aromatic carbocycles. The number of hydrogen-bond donors (Lipinski definition) is 5. The monoisotopic (exact) mass is 348 g/mol. The Hall–Kier alpha value is -0.690. The van der Waals surface area contributed by atoms with Crippen LogP contribution < -0.4 is 0 Å². The topological polar surface area (TPSA) is 118 Å². The summed E-state index contributed by atoms with van der Waals surface area (Å²) in [5.74, 6) is -0.751. The largest absolute Gasteiger partial charge is 0.481 e. The Bertz CT molecular complexity index is 310. The van der Waals surface area contributed by atoms with Crippen LogP contribution in [0.2, 0.25) is 0 Å². The first-order valence-corrected chi connectivity index (χ1v) is 9.32. The lowest BCUT2D eigenvalue weighted by molar-refractivity contribution is -0.137. The van der Waals surface area contributed by atoms with Crippen molar-refractivity contribution in [3.63, 3.8) is 0 Å². The summed E-state index contributed by atoms with van der Waals surface area (Å²) in [5.41, 5.74) is 0. The summed E-state index contributed by atoms with van der Waals surface area (Å²) in [5, 5.41) is 47.7. The lowest BCUT2D eigenvalue weighted by Gasteiger charge is -2.21. The summed E-state index contributed by atoms with van der Waals surface area (Å²) in [6.45, 7) is 1.93. The second kappa shape index (κ2) is 14.6. The van der Waals surface area contributed by atoms with Gasteiger partial charge in [0.25, 0.3) is 0 Å². The van der Waals surface area contributed by atoms with Crippen molar-refractivity contribution in [3.8, 4) is 0 Å². The minimum Gasteiger partial charge on any atom is -0.481 e. The molecule has 0 aromatic rings. The van der Waals surface area contributed by atoms with Crippen molar-refractivity contribution in [2.75, 3.05) is 0 Å². The summed E-state index contributed by atoms with van der Waals surface area (Å²) >= 11 is 0. The number of rotatable bonds is 16. The predicted octanol–water partition coefficient (Wildman–Crippen LogP) is 2.22. The molecule has 6 nitrogen and oxygen atoms in total. The molecule has 4 atom stereocenters. The smallest absolute Gasteiger partial charge is 0.303 e. The van der Waals surface area contributed by atoms with E-state index in [-0.39, 0.29) is 19.3 Å². The Kier molecular flexibility index (Phi) is 14.2. The Morgan fingerprint density at radius 2 is 1.08 bits per heavy atom. The summed E-state index contributed by atoms with van der Waals surface area (Å²) in [6.07, 6.45) is 4.73. The maximum absolute atomic E-state index is 10.4. The summed E-state index contributed by atoms with van der Waals surface area (Å²) in [7, 11) is 0. The highest BCUT2D eigenvalue weighted by Crippen LogP contribution is 2.15. The molecule has 0 heterocycles. The molecule has 0 aliphatic carbocycles. The van der Waals surface area contributed by atoms with Gasteiger partial charge in [0.1, 0.15) is 0 Å². The van der Waals surface area contributed by atoms with Crippen LogP contribution in [0.4, 0.5) is 0 Å². The van der Waals surface area contributed by atoms with E-state index in [9.17, 15) is 25.2 Å². The van der Waals surface area contributed by atoms with Crippen molar-refractivity contribution >= 4 is 5.97 Å². The minimum absolute atomic E-state index is 0.226. The van der Waals surface area contributed by atoms with E-state index >= 15 is 0 Å². The van der Waals surface area contributed by atoms with Gasteiger partial charge in [-0.3, -0.25) is 4.79 Å². The maximum atomic E-state index is 10.4. The predicted molar refractivity (Wildman–Crippen MR) is 92.7 cm³/mol. The summed E-state index contributed by atoms with van der Waals surface area (Å²) in [4.78, 5) is 10.4. The molecule has 0 spiro atoms. The molecule has 0 radical (unpaired) electrons. The molecular weight excluding hydrogens is 312 g/mol. The quantitative estimate of drug-likeness (QED) is 0.273. The molecule has 0 aliphatic rings. The van der Waals surface area contributed by atoms with Crippen LogP contribution in [0.15, 0.2) is 0 Å². The minimum atomic E-state index is -0.871. The number of hydrogen-bond acceptors (Lipinski definition) is 5. The SMILES string of the molecule is CCC[C@H](O)[C@H](O)CC[C@@H](O)[C@@H](O)CCCCCCCCC(=O)O. The molecule has 0 rings (SSSR count). The number of aliphatic carboxylic acids is 1. The van der Waals surface area contributed by atoms with Gasteiger partial charge in [-0.2, -0.15) is 0 Å². The van der Waals surface area contributed by atoms with E-state index in [1.807, 2.05) is 6.92 Å². The molecule has 0 saturated heterocycles. The van der Waals surface area contributed by atoms with Crippen molar-refractivity contribution < 1.29 is 30.3 Å². The van der Waals surface area contributed by atoms with E-state index in [1.165, 1.54) is 0 Å². The third kappa shape index (κ3) is 12.7. The molecule has 0 fully saturated rings. The van der Waals surface area contributed by atoms with Crippen molar-refractivity contribution in [2.24, 2.45) is 0 Å². The van der Waals surface area contributed by atoms with Gasteiger partial charge >= 0.3 is 5.97 Å². The average molecular weight is 348 g/mol. The number of aliphatic hydroxyl groups is 4. The van der Waals surface area contributed by atoms with Crippen LogP contribution in [0.1, 0.15) is 84.0 Å². The summed E-state index contributed by atoms with van der Waals surface area (Å²) in [6, 6.07) is 0. The Balaban J connectivity index is 3.61. The molecule has 5 N–H and O–H groups in total. The van der Waals surface area contributed by atoms with Crippen LogP contribution in [0.3, 0.4) is 0 Å². The zero-order valence-corrected chi connectivity index (χ0v) is 14.9. The van der Waals surface area contributed by atoms with Crippen molar-refractivity contribution in [1.82, 2.24) is 0 Å². The van der Waals surface area contributed by atoms with E-state index in [0.717, 1.165) is 38.5 Å². The lowest BCUT2D eigenvalue weighted by atomic mass is 9.97. The van der Waals surface area contributed by atoms with Crippen LogP contribution in [-0.2, 0) is 4.79 Å². The van der Waals surface area contributed by atoms with Gasteiger partial charge in [0.05, 0.1) is 24.4 Å². The van der Waals surface area contributed by atoms with E-state index in [1.54, 1.807) is 0 Å². The zero-order chi connectivity index (χ0) is 18.4. The van der Waals surface area contributed by atoms with Gasteiger partial charge in [0.2, 0.25) is 0 Å². The van der Waals surface area contributed by atoms with Crippen LogP contribution >= 0.6 is 0 Å². The van der Waals surface area contributed by atoms with Gasteiger partial charge in [-0.25, -0.2) is 0 Å². The number of aliphatic hydroxyl groups excluding tert-OH is 4. The van der Waals surface area contributed by atoms with Crippen LogP contribution in [0.5, 0.6) is 0 Å². The molecule has 0 aliphatic heterocycles. The first-order chi connectivity index (χ1) is 11.4. The van der Waals surface area contributed by atoms with Gasteiger partial charge in [-0.05, 0) is 32.1 Å². The van der Waals surface area contributed by atoms with E-state index in [4.69, 9.17) is 5.11 Å². The molecule has 0 saturated carbocycles. The lowest BCUT2D eigenvalue weighted by Crippen LogP contribution is -2.31. The Morgan fingerprint density at radius 1 is 0.667 bits per heavy atom. The Morgan fingerprint density at radius 3 is 1.58 bits per heavy atom. The maximum Gasteiger partial charge on any atom is 0.303 e. The van der Waals surface area contributed by atoms with Gasteiger partial charge in [0, 0.05) is 6.42 Å². The highest BCUT2D eigenvalue weighted by Gasteiger charge is 2.20. The van der Waals surface area contributed by atoms with Gasteiger partial charge in [-0.15, -0.1) is 0 Å². The molecule has 0 aromatic heterocycles. The molecule has 0 bridgehead atoms. The van der Waals surface area contributed by atoms with Crippen molar-refractivity contribution in [1.29, 1.82) is 0 Å². The number of unbranched alkanes of at least 4 members (excludes halogenated alkanes) is 5. The average Bonchev–Trinajstić information content (AvgIpc) is 2.54. The van der Waals surface area contributed by atoms with E-state index in [2.05, 4.69) is 0 Å². The van der Waals surface area contributed by atoms with E-state index in [0.29, 0.717) is 19.3 Å². The molecular formula is C18H36O6. The second-order valence-electron chi connectivity index (χ2n) is 6.69. The second-order valence-corrected chi connectivity index (χ2v) is 6.69. The van der Waals surface area contributed by atoms with Crippen LogP contribution in [0.25, 0.3) is 0 Å². The normalized spacial score (nSPS) is 16.5. The first kappa shape index (κ1) is 23.3. The molecule has 0 unspecified atom stereocenters. The zero-order valence-electron chi connectivity index (χ0n) is 14.9. The highest BCUT2D eigenvalue weighted by molar-refractivity contribution is 5.66. The fourth-order valence-electron chi connectivity index (χ4n) is 2.74. The third-order valence-corrected chi connectivity index (χ3v) is 4.37. The fourth-order valence-corrected chi connectivity index (χ4v) is 2.74. The van der Waals surface area contributed by atoms with Crippen LogP contribution in [0, 0.1) is 0 Å². The fraction of sp³-hybridized carbons (Fsp3) is 0.944. The Labute approximate surface area is 145 Å². The van der Waals surface area contributed by atoms with Gasteiger partial charge in [-0.1, -0.05) is 45.4 Å². The standard InChI is InChI=1S/C18H36O6/c1-2-9-14(19)16(21)12-13-17(22)15(20)10-7-5-3-4-6-8-11-18(23)24/h14-17,19-22H,2-13H2,1H3,(H,23,24)/t14-,15-,16+,17+/m0/s1. The molecule has 24 heavy (non-hydrogen) atoms. The highest BCUT2D eigenvalue weighted by atomic mass is 16.4. The van der Waals surface area contributed by atoms with Crippen molar-refractivity contribution in [3.05, 3.63) is 0 Å². The third-order valence-electron chi connectivity index (χ3n) is 4.37. The number of carbonyl (C=O) groups is 1. The number of carboxylic acid groups (broad SMARTS) is 1. The van der Waals surface area contributed by atoms with Gasteiger partial charge < -0.3 is 25.5 Å². The van der Waals surface area contributed by atoms with Crippen LogP contribution in [-0.4, -0.2) is 55.9 Å². The van der Waals surface area contributed by atoms with Crippen molar-refractivity contribution in [2.45, 2.75) is 108 Å². The van der Waals surface area contributed by atoms with Gasteiger partial charge in [0.15, 0.2) is 0 Å². The first-order valence-electron chi connectivity index (χ1n) is 9.32. The van der Waals surface area contributed by atoms with E-state index < -0.39 is 30.4 Å².